The second kappa shape index (κ2) is 3.97. The third kappa shape index (κ3) is 1.94. The van der Waals surface area contributed by atoms with Gasteiger partial charge in [0.05, 0.1) is 10.2 Å². The Hall–Kier alpha value is -0.750. The van der Waals surface area contributed by atoms with E-state index in [0.29, 0.717) is 0 Å². The van der Waals surface area contributed by atoms with Crippen molar-refractivity contribution in [2.75, 3.05) is 0 Å². The van der Waals surface area contributed by atoms with E-state index >= 15 is 0 Å². The molecule has 0 amide bonds. The molecular weight excluding hydrogens is 246 g/mol. The van der Waals surface area contributed by atoms with Gasteiger partial charge in [0.2, 0.25) is 0 Å². The zero-order valence-electron chi connectivity index (χ0n) is 6.48. The molecule has 3 N–H and O–H groups in total. The van der Waals surface area contributed by atoms with Gasteiger partial charge in [-0.2, -0.15) is 0 Å². The number of aromatic nitrogens is 1. The molecule has 0 saturated heterocycles. The average Bonchev–Trinajstić information content (AvgIpc) is 2.04. The number of pyridine rings is 1. The number of alkyl halides is 2. The summed E-state index contributed by atoms with van der Waals surface area (Å²) in [7, 11) is 0. The number of rotatable bonds is 2. The van der Waals surface area contributed by atoms with Crippen LogP contribution in [-0.2, 0) is 6.54 Å². The minimum Gasteiger partial charge on any atom is -0.355 e. The molecule has 3 nitrogen and oxygen atoms in total. The summed E-state index contributed by atoms with van der Waals surface area (Å²) in [5.41, 5.74) is 4.07. The lowest BCUT2D eigenvalue weighted by Crippen LogP contribution is -2.19. The quantitative estimate of drug-likeness (QED) is 0.785. The first-order chi connectivity index (χ1) is 6.07. The minimum atomic E-state index is -2.80. The lowest BCUT2D eigenvalue weighted by Gasteiger charge is -2.04. The van der Waals surface area contributed by atoms with E-state index in [1.54, 1.807) is 0 Å². The lowest BCUT2D eigenvalue weighted by molar-refractivity contribution is 0.148. The van der Waals surface area contributed by atoms with Crippen LogP contribution in [0.5, 0.6) is 0 Å². The van der Waals surface area contributed by atoms with Gasteiger partial charge in [0.25, 0.3) is 6.43 Å². The van der Waals surface area contributed by atoms with Crippen LogP contribution < -0.4 is 11.2 Å². The Labute approximate surface area is 81.1 Å². The van der Waals surface area contributed by atoms with Crippen LogP contribution in [0.1, 0.15) is 17.6 Å². The van der Waals surface area contributed by atoms with Crippen LogP contribution in [0.25, 0.3) is 0 Å². The van der Waals surface area contributed by atoms with Gasteiger partial charge in [-0.3, -0.25) is 4.79 Å². The summed E-state index contributed by atoms with van der Waals surface area (Å²) in [6, 6.07) is 0. The molecule has 0 saturated carbocycles. The predicted molar refractivity (Wildman–Crippen MR) is 47.6 cm³/mol. The van der Waals surface area contributed by atoms with Crippen molar-refractivity contribution in [2.45, 2.75) is 13.0 Å². The SMILES string of the molecule is NCc1c[nH]c(Br)c(C(F)F)c1=O. The molecule has 0 fully saturated rings. The lowest BCUT2D eigenvalue weighted by atomic mass is 10.2. The Morgan fingerprint density at radius 1 is 1.62 bits per heavy atom. The minimum absolute atomic E-state index is 0.00435. The highest BCUT2D eigenvalue weighted by atomic mass is 79.9. The maximum atomic E-state index is 12.3. The summed E-state index contributed by atoms with van der Waals surface area (Å²) in [6.45, 7) is -0.0532. The summed E-state index contributed by atoms with van der Waals surface area (Å²) in [5.74, 6) is 0. The topological polar surface area (TPSA) is 58.9 Å². The molecule has 1 rings (SSSR count). The molecule has 0 unspecified atom stereocenters. The Morgan fingerprint density at radius 3 is 2.69 bits per heavy atom. The molecule has 0 aliphatic rings. The third-order valence-electron chi connectivity index (χ3n) is 1.58. The van der Waals surface area contributed by atoms with E-state index in [1.807, 2.05) is 0 Å². The van der Waals surface area contributed by atoms with Crippen molar-refractivity contribution >= 4 is 15.9 Å². The molecule has 1 aromatic rings. The molecule has 1 heterocycles. The van der Waals surface area contributed by atoms with Gasteiger partial charge < -0.3 is 10.7 Å². The zero-order valence-corrected chi connectivity index (χ0v) is 8.07. The van der Waals surface area contributed by atoms with Crippen molar-refractivity contribution < 1.29 is 8.78 Å². The number of nitrogens with two attached hydrogens (primary N) is 1. The van der Waals surface area contributed by atoms with Crippen molar-refractivity contribution in [3.63, 3.8) is 0 Å². The first kappa shape index (κ1) is 10.3. The highest BCUT2D eigenvalue weighted by molar-refractivity contribution is 9.10. The van der Waals surface area contributed by atoms with Gasteiger partial charge in [-0.25, -0.2) is 8.78 Å². The van der Waals surface area contributed by atoms with Crippen molar-refractivity contribution in [3.05, 3.63) is 32.2 Å². The van der Waals surface area contributed by atoms with Crippen LogP contribution in [0, 0.1) is 0 Å². The van der Waals surface area contributed by atoms with Gasteiger partial charge in [0.1, 0.15) is 0 Å². The van der Waals surface area contributed by atoms with E-state index in [2.05, 4.69) is 20.9 Å². The van der Waals surface area contributed by atoms with Crippen LogP contribution in [0.2, 0.25) is 0 Å². The summed E-state index contributed by atoms with van der Waals surface area (Å²) < 4.78 is 24.6. The van der Waals surface area contributed by atoms with Gasteiger partial charge in [-0.1, -0.05) is 0 Å². The van der Waals surface area contributed by atoms with Crippen LogP contribution in [0.15, 0.2) is 15.6 Å². The van der Waals surface area contributed by atoms with E-state index in [1.165, 1.54) is 6.20 Å². The number of hydrogen-bond acceptors (Lipinski definition) is 2. The monoisotopic (exact) mass is 252 g/mol. The second-order valence-corrected chi connectivity index (χ2v) is 3.17. The van der Waals surface area contributed by atoms with Gasteiger partial charge in [0.15, 0.2) is 5.43 Å². The molecular formula is C7H7BrF2N2O. The van der Waals surface area contributed by atoms with Crippen molar-refractivity contribution in [3.8, 4) is 0 Å². The Bertz CT molecular complexity index is 364. The van der Waals surface area contributed by atoms with E-state index in [9.17, 15) is 13.6 Å². The predicted octanol–water partition coefficient (Wildman–Crippen LogP) is 1.53. The van der Waals surface area contributed by atoms with E-state index < -0.39 is 17.4 Å². The third-order valence-corrected chi connectivity index (χ3v) is 2.24. The Kier molecular flexibility index (Phi) is 3.16. The highest BCUT2D eigenvalue weighted by Crippen LogP contribution is 2.22. The number of aromatic amines is 1. The molecule has 0 spiro atoms. The largest absolute Gasteiger partial charge is 0.355 e. The smallest absolute Gasteiger partial charge is 0.270 e. The standard InChI is InChI=1S/C7H7BrF2N2O/c8-6-4(7(9)10)5(13)3(1-11)2-12-6/h2,7H,1,11H2,(H,12,13). The van der Waals surface area contributed by atoms with Crippen molar-refractivity contribution in [2.24, 2.45) is 5.73 Å². The van der Waals surface area contributed by atoms with E-state index in [0.717, 1.165) is 0 Å². The first-order valence-corrected chi connectivity index (χ1v) is 4.25. The maximum absolute atomic E-state index is 12.3. The van der Waals surface area contributed by atoms with E-state index in [4.69, 9.17) is 5.73 Å². The molecule has 6 heteroatoms. The summed E-state index contributed by atoms with van der Waals surface area (Å²) in [6.07, 6.45) is -1.48. The summed E-state index contributed by atoms with van der Waals surface area (Å²) in [4.78, 5) is 13.8. The summed E-state index contributed by atoms with van der Waals surface area (Å²) >= 11 is 2.83. The fourth-order valence-corrected chi connectivity index (χ4v) is 1.38. The van der Waals surface area contributed by atoms with Crippen LogP contribution in [-0.4, -0.2) is 4.98 Å². The van der Waals surface area contributed by atoms with Crippen LogP contribution in [0.4, 0.5) is 8.78 Å². The maximum Gasteiger partial charge on any atom is 0.270 e. The number of halogens is 3. The molecule has 0 bridgehead atoms. The molecule has 13 heavy (non-hydrogen) atoms. The fourth-order valence-electron chi connectivity index (χ4n) is 0.913. The van der Waals surface area contributed by atoms with Crippen LogP contribution >= 0.6 is 15.9 Å². The number of nitrogens with one attached hydrogen (secondary N) is 1. The number of hydrogen-bond donors (Lipinski definition) is 2. The van der Waals surface area contributed by atoms with Crippen molar-refractivity contribution in [1.82, 2.24) is 4.98 Å². The molecule has 0 aliphatic carbocycles. The molecule has 72 valence electrons. The molecule has 0 atom stereocenters. The van der Waals surface area contributed by atoms with Gasteiger partial charge in [-0.15, -0.1) is 0 Å². The van der Waals surface area contributed by atoms with Gasteiger partial charge >= 0.3 is 0 Å². The molecule has 0 aliphatic heterocycles. The first-order valence-electron chi connectivity index (χ1n) is 3.46. The summed E-state index contributed by atoms with van der Waals surface area (Å²) in [5, 5.41) is 0. The van der Waals surface area contributed by atoms with E-state index in [-0.39, 0.29) is 16.7 Å². The Balaban J connectivity index is 3.39. The molecule has 0 radical (unpaired) electrons. The van der Waals surface area contributed by atoms with Gasteiger partial charge in [-0.05, 0) is 15.9 Å². The molecule has 1 aromatic heterocycles. The normalized spacial score (nSPS) is 10.8. The number of H-pyrrole nitrogens is 1. The Morgan fingerprint density at radius 2 is 2.23 bits per heavy atom. The van der Waals surface area contributed by atoms with Crippen molar-refractivity contribution in [1.29, 1.82) is 0 Å². The second-order valence-electron chi connectivity index (χ2n) is 2.38. The average molecular weight is 253 g/mol. The fraction of sp³-hybridized carbons (Fsp3) is 0.286. The highest BCUT2D eigenvalue weighted by Gasteiger charge is 2.17. The zero-order chi connectivity index (χ0) is 10.0. The van der Waals surface area contributed by atoms with Gasteiger partial charge in [0, 0.05) is 18.3 Å². The molecule has 0 aromatic carbocycles. The van der Waals surface area contributed by atoms with Crippen LogP contribution in [0.3, 0.4) is 0 Å².